The second-order valence-electron chi connectivity index (χ2n) is 9.50. The van der Waals surface area contributed by atoms with Gasteiger partial charge in [-0.2, -0.15) is 0 Å². The second-order valence-corrected chi connectivity index (χ2v) is 9.50. The summed E-state index contributed by atoms with van der Waals surface area (Å²) in [4.78, 5) is 40.8. The van der Waals surface area contributed by atoms with Crippen LogP contribution in [-0.2, 0) is 4.79 Å². The average molecular weight is 537 g/mol. The number of rotatable bonds is 7. The van der Waals surface area contributed by atoms with E-state index in [1.54, 1.807) is 42.2 Å². The fourth-order valence-corrected chi connectivity index (χ4v) is 4.52. The van der Waals surface area contributed by atoms with Crippen LogP contribution < -0.4 is 5.32 Å². The predicted octanol–water partition coefficient (Wildman–Crippen LogP) is 1.50. The van der Waals surface area contributed by atoms with Crippen LogP contribution in [0.5, 0.6) is 11.5 Å². The molecule has 1 saturated heterocycles. The summed E-state index contributed by atoms with van der Waals surface area (Å²) in [6.07, 6.45) is 0. The maximum Gasteiger partial charge on any atom is 0.289 e. The molecule has 1 aliphatic rings. The number of amides is 3. The summed E-state index contributed by atoms with van der Waals surface area (Å²) in [5, 5.41) is 41.0. The molecule has 2 aromatic carbocycles. The third kappa shape index (κ3) is 5.55. The van der Waals surface area contributed by atoms with E-state index in [1.165, 1.54) is 15.5 Å². The molecule has 3 aromatic rings. The zero-order valence-corrected chi connectivity index (χ0v) is 22.1. The Morgan fingerprint density at radius 1 is 0.949 bits per heavy atom. The summed E-state index contributed by atoms with van der Waals surface area (Å²) in [5.41, 5.74) is 1.79. The molecule has 0 bridgehead atoms. The summed E-state index contributed by atoms with van der Waals surface area (Å²) in [6, 6.07) is 9.45. The van der Waals surface area contributed by atoms with Gasteiger partial charge in [-0.3, -0.25) is 19.0 Å². The predicted molar refractivity (Wildman–Crippen MR) is 142 cm³/mol. The molecular formula is C27H32N6O6. The van der Waals surface area contributed by atoms with Crippen molar-refractivity contribution in [3.63, 3.8) is 0 Å². The van der Waals surface area contributed by atoms with Crippen molar-refractivity contribution < 1.29 is 29.7 Å². The lowest BCUT2D eigenvalue weighted by molar-refractivity contribution is -0.135. The number of carbonyl (C=O) groups is 3. The number of hydrogen-bond donors (Lipinski definition) is 4. The van der Waals surface area contributed by atoms with E-state index in [1.807, 2.05) is 13.8 Å². The van der Waals surface area contributed by atoms with Crippen LogP contribution in [0, 0.1) is 0 Å². The van der Waals surface area contributed by atoms with Gasteiger partial charge in [0.25, 0.3) is 11.8 Å². The Bertz CT molecular complexity index is 1380. The number of hydrogen-bond acceptors (Lipinski definition) is 8. The standard InChI is InChI=1S/C27H32N6O6/c1-4-28-26(38)25-30-29-24(20-13-19(16(2)3)21(35)14-22(20)36)33(25)18-7-5-17(6-8-18)27(39)32-11-9-31(10-12-32)23(37)15-34/h5-8,13-14,16,34-36H,4,9-12,15H2,1-3H3,(H,28,38). The van der Waals surface area contributed by atoms with Crippen LogP contribution in [0.3, 0.4) is 0 Å². The molecule has 1 fully saturated rings. The Kier molecular flexibility index (Phi) is 8.15. The number of phenolic OH excluding ortho intramolecular Hbond substituents is 2. The molecule has 1 aromatic heterocycles. The van der Waals surface area contributed by atoms with Crippen LogP contribution in [0.15, 0.2) is 36.4 Å². The highest BCUT2D eigenvalue weighted by atomic mass is 16.3. The van der Waals surface area contributed by atoms with Crippen molar-refractivity contribution in [1.82, 2.24) is 29.9 Å². The SMILES string of the molecule is CCNC(=O)c1nnc(-c2cc(C(C)C)c(O)cc2O)n1-c1ccc(C(=O)N2CCN(C(=O)CO)CC2)cc1. The lowest BCUT2D eigenvalue weighted by Crippen LogP contribution is -2.51. The van der Waals surface area contributed by atoms with Gasteiger partial charge in [-0.15, -0.1) is 10.2 Å². The van der Waals surface area contributed by atoms with E-state index >= 15 is 0 Å². The van der Waals surface area contributed by atoms with Crippen LogP contribution in [0.2, 0.25) is 0 Å². The number of nitrogens with zero attached hydrogens (tertiary/aromatic N) is 5. The van der Waals surface area contributed by atoms with Gasteiger partial charge in [0.2, 0.25) is 11.7 Å². The molecule has 0 spiro atoms. The number of aliphatic hydroxyl groups is 1. The fraction of sp³-hybridized carbons (Fsp3) is 0.370. The smallest absolute Gasteiger partial charge is 0.289 e. The highest BCUT2D eigenvalue weighted by molar-refractivity contribution is 5.95. The molecule has 12 nitrogen and oxygen atoms in total. The Hall–Kier alpha value is -4.45. The van der Waals surface area contributed by atoms with Crippen molar-refractivity contribution in [1.29, 1.82) is 0 Å². The van der Waals surface area contributed by atoms with Gasteiger partial charge < -0.3 is 30.4 Å². The largest absolute Gasteiger partial charge is 0.508 e. The molecular weight excluding hydrogens is 504 g/mol. The highest BCUT2D eigenvalue weighted by Gasteiger charge is 2.26. The number of benzene rings is 2. The molecule has 0 aliphatic carbocycles. The summed E-state index contributed by atoms with van der Waals surface area (Å²) in [7, 11) is 0. The van der Waals surface area contributed by atoms with E-state index in [-0.39, 0.29) is 46.4 Å². The third-order valence-corrected chi connectivity index (χ3v) is 6.64. The lowest BCUT2D eigenvalue weighted by atomic mass is 9.98. The number of aromatic hydroxyl groups is 2. The average Bonchev–Trinajstić information content (AvgIpc) is 3.37. The molecule has 0 atom stereocenters. The van der Waals surface area contributed by atoms with Gasteiger partial charge in [-0.25, -0.2) is 0 Å². The zero-order chi connectivity index (χ0) is 28.3. The number of piperazine rings is 1. The molecule has 1 aliphatic heterocycles. The molecule has 206 valence electrons. The minimum absolute atomic E-state index is 0.00540. The fourth-order valence-electron chi connectivity index (χ4n) is 4.52. The van der Waals surface area contributed by atoms with E-state index in [9.17, 15) is 24.6 Å². The van der Waals surface area contributed by atoms with E-state index in [4.69, 9.17) is 5.11 Å². The van der Waals surface area contributed by atoms with Crippen molar-refractivity contribution in [2.45, 2.75) is 26.7 Å². The number of nitrogens with one attached hydrogen (secondary N) is 1. The quantitative estimate of drug-likeness (QED) is 0.353. The van der Waals surface area contributed by atoms with Crippen molar-refractivity contribution in [2.24, 2.45) is 0 Å². The molecule has 2 heterocycles. The van der Waals surface area contributed by atoms with Crippen molar-refractivity contribution in [2.75, 3.05) is 39.3 Å². The Morgan fingerprint density at radius 3 is 2.18 bits per heavy atom. The summed E-state index contributed by atoms with van der Waals surface area (Å²) in [6.45, 7) is 6.79. The van der Waals surface area contributed by atoms with Crippen LogP contribution in [0.4, 0.5) is 0 Å². The normalized spacial score (nSPS) is 13.6. The topological polar surface area (TPSA) is 161 Å². The van der Waals surface area contributed by atoms with Gasteiger partial charge in [0.15, 0.2) is 5.82 Å². The molecule has 4 rings (SSSR count). The van der Waals surface area contributed by atoms with Crippen LogP contribution in [0.25, 0.3) is 17.1 Å². The molecule has 39 heavy (non-hydrogen) atoms. The maximum absolute atomic E-state index is 13.1. The summed E-state index contributed by atoms with van der Waals surface area (Å²) in [5.74, 6) is -1.16. The number of aromatic nitrogens is 3. The molecule has 4 N–H and O–H groups in total. The number of carbonyl (C=O) groups excluding carboxylic acids is 3. The van der Waals surface area contributed by atoms with E-state index < -0.39 is 12.5 Å². The van der Waals surface area contributed by atoms with Gasteiger partial charge >= 0.3 is 0 Å². The van der Waals surface area contributed by atoms with Crippen molar-refractivity contribution in [3.8, 4) is 28.6 Å². The molecule has 3 amide bonds. The first-order valence-corrected chi connectivity index (χ1v) is 12.7. The van der Waals surface area contributed by atoms with Crippen molar-refractivity contribution in [3.05, 3.63) is 53.3 Å². The lowest BCUT2D eigenvalue weighted by Gasteiger charge is -2.34. The van der Waals surface area contributed by atoms with Gasteiger partial charge in [0.1, 0.15) is 18.1 Å². The zero-order valence-electron chi connectivity index (χ0n) is 22.1. The first-order chi connectivity index (χ1) is 18.7. The van der Waals surface area contributed by atoms with Gasteiger partial charge in [0.05, 0.1) is 5.56 Å². The molecule has 12 heteroatoms. The van der Waals surface area contributed by atoms with E-state index in [2.05, 4.69) is 15.5 Å². The maximum atomic E-state index is 13.1. The first-order valence-electron chi connectivity index (χ1n) is 12.7. The van der Waals surface area contributed by atoms with Crippen molar-refractivity contribution >= 4 is 17.7 Å². The van der Waals surface area contributed by atoms with Gasteiger partial charge in [-0.1, -0.05) is 13.8 Å². The van der Waals surface area contributed by atoms with Gasteiger partial charge in [-0.05, 0) is 48.7 Å². The van der Waals surface area contributed by atoms with E-state index in [0.29, 0.717) is 49.5 Å². The monoisotopic (exact) mass is 536 g/mol. The molecule has 0 radical (unpaired) electrons. The summed E-state index contributed by atoms with van der Waals surface area (Å²) < 4.78 is 1.49. The number of phenols is 2. The third-order valence-electron chi connectivity index (χ3n) is 6.64. The van der Waals surface area contributed by atoms with Crippen LogP contribution in [-0.4, -0.2) is 96.9 Å². The Labute approximate surface area is 225 Å². The second kappa shape index (κ2) is 11.5. The molecule has 0 unspecified atom stereocenters. The summed E-state index contributed by atoms with van der Waals surface area (Å²) >= 11 is 0. The minimum Gasteiger partial charge on any atom is -0.508 e. The minimum atomic E-state index is -0.556. The van der Waals surface area contributed by atoms with Crippen LogP contribution in [0.1, 0.15) is 53.2 Å². The van der Waals surface area contributed by atoms with Crippen LogP contribution >= 0.6 is 0 Å². The number of aliphatic hydroxyl groups excluding tert-OH is 1. The van der Waals surface area contributed by atoms with Gasteiger partial charge in [0, 0.05) is 50.0 Å². The molecule has 0 saturated carbocycles. The Morgan fingerprint density at radius 2 is 1.59 bits per heavy atom. The van der Waals surface area contributed by atoms with E-state index in [0.717, 1.165) is 0 Å². The Balaban J connectivity index is 1.69. The highest BCUT2D eigenvalue weighted by Crippen LogP contribution is 2.38. The first kappa shape index (κ1) is 27.6.